The van der Waals surface area contributed by atoms with E-state index in [1.54, 1.807) is 6.07 Å². The molecule has 1 aromatic rings. The Bertz CT molecular complexity index is 490. The molecule has 1 aliphatic heterocycles. The molecule has 1 aliphatic rings. The lowest BCUT2D eigenvalue weighted by molar-refractivity contribution is 0.0904. The number of anilines is 1. The van der Waals surface area contributed by atoms with E-state index in [1.165, 1.54) is 0 Å². The molecule has 2 rings (SSSR count). The van der Waals surface area contributed by atoms with E-state index in [9.17, 15) is 4.57 Å². The number of halogens is 1. The highest BCUT2D eigenvalue weighted by Crippen LogP contribution is 2.38. The highest BCUT2D eigenvalue weighted by atomic mass is 35.5. The minimum Gasteiger partial charge on any atom is -0.381 e. The summed E-state index contributed by atoms with van der Waals surface area (Å²) in [7, 11) is -4.20. The Morgan fingerprint density at radius 2 is 2.11 bits per heavy atom. The van der Waals surface area contributed by atoms with Gasteiger partial charge in [-0.3, -0.25) is 4.57 Å². The first-order valence-corrected chi connectivity index (χ1v) is 8.02. The molecular formula is C10H15ClN3O4P. The molecule has 0 aromatic carbocycles. The maximum atomic E-state index is 10.9. The summed E-state index contributed by atoms with van der Waals surface area (Å²) < 4.78 is 16.2. The molecule has 0 bridgehead atoms. The smallest absolute Gasteiger partial charge is 0.333 e. The first-order chi connectivity index (χ1) is 8.92. The molecule has 0 amide bonds. The number of hydrogen-bond acceptors (Lipinski definition) is 5. The zero-order chi connectivity index (χ0) is 13.9. The molecular weight excluding hydrogens is 293 g/mol. The minimum atomic E-state index is -4.20. The summed E-state index contributed by atoms with van der Waals surface area (Å²) in [6.07, 6.45) is 1.20. The van der Waals surface area contributed by atoms with E-state index >= 15 is 0 Å². The third-order valence-corrected chi connectivity index (χ3v) is 3.55. The van der Waals surface area contributed by atoms with Crippen LogP contribution in [0.4, 0.5) is 5.82 Å². The summed E-state index contributed by atoms with van der Waals surface area (Å²) in [5.74, 6) is 0.519. The third kappa shape index (κ3) is 5.04. The van der Waals surface area contributed by atoms with E-state index in [4.69, 9.17) is 26.1 Å². The summed E-state index contributed by atoms with van der Waals surface area (Å²) in [4.78, 5) is 25.7. The third-order valence-electron chi connectivity index (χ3n) is 2.66. The Labute approximate surface area is 115 Å². The average molecular weight is 308 g/mol. The normalized spacial score (nSPS) is 17.4. The summed E-state index contributed by atoms with van der Waals surface area (Å²) >= 11 is 5.83. The van der Waals surface area contributed by atoms with Gasteiger partial charge in [0, 0.05) is 25.3 Å². The van der Waals surface area contributed by atoms with Crippen LogP contribution in [0.2, 0.25) is 5.15 Å². The van der Waals surface area contributed by atoms with E-state index in [0.717, 1.165) is 12.8 Å². The van der Waals surface area contributed by atoms with Crippen molar-refractivity contribution in [2.45, 2.75) is 25.0 Å². The zero-order valence-electron chi connectivity index (χ0n) is 10.1. The molecule has 0 radical (unpaired) electrons. The molecule has 1 saturated heterocycles. The van der Waals surface area contributed by atoms with E-state index in [0.29, 0.717) is 19.0 Å². The summed E-state index contributed by atoms with van der Waals surface area (Å²) in [5, 5.41) is 3.34. The number of ether oxygens (including phenoxy) is 1. The largest absolute Gasteiger partial charge is 0.381 e. The maximum absolute atomic E-state index is 10.9. The number of nitrogens with zero attached hydrogens (tertiary/aromatic N) is 2. The Balaban J connectivity index is 2.09. The number of rotatable bonds is 4. The Morgan fingerprint density at radius 3 is 2.74 bits per heavy atom. The average Bonchev–Trinajstić information content (AvgIpc) is 2.26. The van der Waals surface area contributed by atoms with Crippen LogP contribution in [0.1, 0.15) is 18.7 Å². The molecule has 0 unspecified atom stereocenters. The second kappa shape index (κ2) is 6.15. The predicted octanol–water partition coefficient (Wildman–Crippen LogP) is 1.40. The quantitative estimate of drug-likeness (QED) is 0.570. The van der Waals surface area contributed by atoms with Crippen LogP contribution in [-0.4, -0.2) is 39.0 Å². The van der Waals surface area contributed by atoms with Gasteiger partial charge in [-0.15, -0.1) is 0 Å². The fraction of sp³-hybridized carbons (Fsp3) is 0.600. The van der Waals surface area contributed by atoms with Gasteiger partial charge in [0.2, 0.25) is 0 Å². The fourth-order valence-corrected chi connectivity index (χ4v) is 2.56. The van der Waals surface area contributed by atoms with Crippen molar-refractivity contribution in [2.24, 2.45) is 0 Å². The van der Waals surface area contributed by atoms with E-state index in [1.807, 2.05) is 0 Å². The molecule has 0 atom stereocenters. The van der Waals surface area contributed by atoms with Gasteiger partial charge in [-0.1, -0.05) is 11.6 Å². The van der Waals surface area contributed by atoms with Crippen molar-refractivity contribution in [3.8, 4) is 0 Å². The van der Waals surface area contributed by atoms with Gasteiger partial charge < -0.3 is 19.8 Å². The lowest BCUT2D eigenvalue weighted by atomic mass is 10.1. The molecule has 7 nitrogen and oxygen atoms in total. The lowest BCUT2D eigenvalue weighted by Crippen LogP contribution is -2.28. The highest BCUT2D eigenvalue weighted by molar-refractivity contribution is 7.50. The monoisotopic (exact) mass is 307 g/mol. The van der Waals surface area contributed by atoms with Gasteiger partial charge in [0.05, 0.1) is 0 Å². The van der Waals surface area contributed by atoms with Crippen LogP contribution in [0, 0.1) is 0 Å². The first-order valence-electron chi connectivity index (χ1n) is 5.85. The van der Waals surface area contributed by atoms with Gasteiger partial charge in [-0.2, -0.15) is 0 Å². The van der Waals surface area contributed by atoms with E-state index in [-0.39, 0.29) is 17.0 Å². The Morgan fingerprint density at radius 1 is 1.42 bits per heavy atom. The zero-order valence-corrected chi connectivity index (χ0v) is 11.8. The van der Waals surface area contributed by atoms with E-state index in [2.05, 4.69) is 15.3 Å². The van der Waals surface area contributed by atoms with Crippen molar-refractivity contribution in [2.75, 3.05) is 18.5 Å². The molecule has 19 heavy (non-hydrogen) atoms. The second-order valence-electron chi connectivity index (χ2n) is 4.35. The summed E-state index contributed by atoms with van der Waals surface area (Å²) in [6, 6.07) is 1.77. The lowest BCUT2D eigenvalue weighted by Gasteiger charge is -2.23. The van der Waals surface area contributed by atoms with Gasteiger partial charge in [0.15, 0.2) is 0 Å². The molecule has 0 saturated carbocycles. The van der Waals surface area contributed by atoms with Crippen LogP contribution in [-0.2, 0) is 15.5 Å². The minimum absolute atomic E-state index is 0.0374. The second-order valence-corrected chi connectivity index (χ2v) is 6.38. The SMILES string of the molecule is O=P(O)(O)Cc1nc(Cl)cc(NC2CCOCC2)n1. The Kier molecular flexibility index (Phi) is 4.76. The molecule has 9 heteroatoms. The van der Waals surface area contributed by atoms with Gasteiger partial charge in [0.1, 0.15) is 23.0 Å². The summed E-state index contributed by atoms with van der Waals surface area (Å²) in [5.41, 5.74) is 0. The van der Waals surface area contributed by atoms with Gasteiger partial charge in [0.25, 0.3) is 0 Å². The molecule has 106 valence electrons. The van der Waals surface area contributed by atoms with Gasteiger partial charge in [-0.05, 0) is 12.8 Å². The number of aromatic nitrogens is 2. The van der Waals surface area contributed by atoms with Crippen molar-refractivity contribution < 1.29 is 19.1 Å². The predicted molar refractivity (Wildman–Crippen MR) is 70.3 cm³/mol. The molecule has 2 heterocycles. The highest BCUT2D eigenvalue weighted by Gasteiger charge is 2.19. The fourth-order valence-electron chi connectivity index (χ4n) is 1.84. The van der Waals surface area contributed by atoms with Crippen molar-refractivity contribution >= 4 is 25.0 Å². The van der Waals surface area contributed by atoms with Crippen molar-refractivity contribution in [3.05, 3.63) is 17.0 Å². The van der Waals surface area contributed by atoms with Crippen LogP contribution < -0.4 is 5.32 Å². The van der Waals surface area contributed by atoms with E-state index < -0.39 is 13.8 Å². The maximum Gasteiger partial charge on any atom is 0.333 e. The van der Waals surface area contributed by atoms with Crippen LogP contribution in [0.3, 0.4) is 0 Å². The van der Waals surface area contributed by atoms with Gasteiger partial charge >= 0.3 is 7.60 Å². The number of nitrogens with one attached hydrogen (secondary N) is 1. The standard InChI is InChI=1S/C10H15ClN3O4P/c11-8-5-9(12-7-1-3-18-4-2-7)14-10(13-8)6-19(15,16)17/h5,7H,1-4,6H2,(H,12,13,14)(H2,15,16,17). The molecule has 1 fully saturated rings. The molecule has 1 aromatic heterocycles. The molecule has 3 N–H and O–H groups in total. The van der Waals surface area contributed by atoms with Crippen molar-refractivity contribution in [3.63, 3.8) is 0 Å². The van der Waals surface area contributed by atoms with Crippen molar-refractivity contribution in [1.29, 1.82) is 0 Å². The van der Waals surface area contributed by atoms with Crippen LogP contribution >= 0.6 is 19.2 Å². The number of hydrogen-bond donors (Lipinski definition) is 3. The van der Waals surface area contributed by atoms with Crippen LogP contribution in [0.25, 0.3) is 0 Å². The Hall–Kier alpha value is -0.720. The van der Waals surface area contributed by atoms with Crippen molar-refractivity contribution in [1.82, 2.24) is 9.97 Å². The topological polar surface area (TPSA) is 105 Å². The van der Waals surface area contributed by atoms with Crippen LogP contribution in [0.5, 0.6) is 0 Å². The van der Waals surface area contributed by atoms with Crippen LogP contribution in [0.15, 0.2) is 6.07 Å². The van der Waals surface area contributed by atoms with Gasteiger partial charge in [-0.25, -0.2) is 9.97 Å². The molecule has 0 spiro atoms. The summed E-state index contributed by atoms with van der Waals surface area (Å²) in [6.45, 7) is 1.37. The molecule has 0 aliphatic carbocycles. The first kappa shape index (κ1) is 14.7.